The summed E-state index contributed by atoms with van der Waals surface area (Å²) in [5, 5.41) is 11.4. The first kappa shape index (κ1) is 22.4. The van der Waals surface area contributed by atoms with Crippen LogP contribution in [-0.2, 0) is 15.8 Å². The minimum atomic E-state index is -4.55. The average molecular weight is 487 g/mol. The fraction of sp³-hybridized carbons (Fsp3) is 0.227. The first-order valence-electron chi connectivity index (χ1n) is 10.4. The largest absolute Gasteiger partial charge is 0.454 e. The van der Waals surface area contributed by atoms with Gasteiger partial charge in [0.05, 0.1) is 5.56 Å². The molecule has 0 saturated carbocycles. The van der Waals surface area contributed by atoms with E-state index in [1.807, 2.05) is 0 Å². The molecule has 13 heteroatoms. The number of rotatable bonds is 5. The minimum absolute atomic E-state index is 0.0391. The third-order valence-corrected chi connectivity index (χ3v) is 5.18. The van der Waals surface area contributed by atoms with E-state index in [2.05, 4.69) is 20.6 Å². The molecule has 0 unspecified atom stereocenters. The number of fused-ring (bicyclic) bond motifs is 1. The Bertz CT molecular complexity index is 1340. The normalized spacial score (nSPS) is 15.2. The summed E-state index contributed by atoms with van der Waals surface area (Å²) >= 11 is 0. The summed E-state index contributed by atoms with van der Waals surface area (Å²) in [6.45, 7) is -0.375. The van der Waals surface area contributed by atoms with Crippen molar-refractivity contribution in [2.75, 3.05) is 18.7 Å². The van der Waals surface area contributed by atoms with Gasteiger partial charge in [0.25, 0.3) is 5.89 Å². The van der Waals surface area contributed by atoms with Crippen molar-refractivity contribution < 1.29 is 36.8 Å². The maximum atomic E-state index is 12.9. The summed E-state index contributed by atoms with van der Waals surface area (Å²) in [6.07, 6.45) is -4.29. The Morgan fingerprint density at radius 2 is 1.91 bits per heavy atom. The fourth-order valence-corrected chi connectivity index (χ4v) is 3.48. The smallest absolute Gasteiger partial charge is 0.416 e. The van der Waals surface area contributed by atoms with E-state index < -0.39 is 30.1 Å². The molecular weight excluding hydrogens is 471 g/mol. The van der Waals surface area contributed by atoms with Gasteiger partial charge in [-0.2, -0.15) is 23.3 Å². The minimum Gasteiger partial charge on any atom is -0.454 e. The summed E-state index contributed by atoms with van der Waals surface area (Å²) in [7, 11) is 0. The van der Waals surface area contributed by atoms with Crippen LogP contribution in [0.5, 0.6) is 11.5 Å². The molecule has 0 saturated heterocycles. The lowest BCUT2D eigenvalue weighted by Crippen LogP contribution is -2.38. The number of hydrazone groups is 1. The molecule has 0 atom stereocenters. The predicted molar refractivity (Wildman–Crippen MR) is 113 cm³/mol. The predicted octanol–water partition coefficient (Wildman–Crippen LogP) is 3.45. The highest BCUT2D eigenvalue weighted by atomic mass is 19.4. The lowest BCUT2D eigenvalue weighted by Gasteiger charge is -2.21. The molecule has 3 heterocycles. The Morgan fingerprint density at radius 1 is 1.09 bits per heavy atom. The standard InChI is InChI=1S/C22H16F3N5O5/c23-22(24,25)13-2-1-3-14(9-13)26-18(31)10-30-19(32)7-5-15(28-30)21-27-20(29-35-21)12-4-6-16-17(8-12)34-11-33-16/h1-4,6,8-9H,5,7,10-11H2,(H,26,31). The molecule has 180 valence electrons. The van der Waals surface area contributed by atoms with Crippen LogP contribution >= 0.6 is 0 Å². The van der Waals surface area contributed by atoms with E-state index in [1.54, 1.807) is 18.2 Å². The van der Waals surface area contributed by atoms with Gasteiger partial charge in [-0.25, -0.2) is 5.01 Å². The maximum Gasteiger partial charge on any atom is 0.416 e. The van der Waals surface area contributed by atoms with Gasteiger partial charge in [0.1, 0.15) is 12.3 Å². The van der Waals surface area contributed by atoms with Gasteiger partial charge in [0.2, 0.25) is 24.4 Å². The number of ether oxygens (including phenoxy) is 2. The van der Waals surface area contributed by atoms with Crippen LogP contribution in [0.1, 0.15) is 24.3 Å². The zero-order valence-corrected chi connectivity index (χ0v) is 17.8. The van der Waals surface area contributed by atoms with Gasteiger partial charge in [-0.1, -0.05) is 11.2 Å². The van der Waals surface area contributed by atoms with Crippen LogP contribution in [0.25, 0.3) is 11.4 Å². The zero-order chi connectivity index (χ0) is 24.6. The van der Waals surface area contributed by atoms with Gasteiger partial charge < -0.3 is 19.3 Å². The van der Waals surface area contributed by atoms with E-state index in [9.17, 15) is 22.8 Å². The number of aromatic nitrogens is 2. The van der Waals surface area contributed by atoms with Crippen LogP contribution in [0.2, 0.25) is 0 Å². The van der Waals surface area contributed by atoms with Crippen molar-refractivity contribution in [3.63, 3.8) is 0 Å². The van der Waals surface area contributed by atoms with Crippen molar-refractivity contribution in [2.24, 2.45) is 5.10 Å². The van der Waals surface area contributed by atoms with Crippen LogP contribution in [0.4, 0.5) is 18.9 Å². The number of anilines is 1. The molecule has 2 aromatic carbocycles. The molecule has 3 aromatic rings. The highest BCUT2D eigenvalue weighted by Gasteiger charge is 2.31. The van der Waals surface area contributed by atoms with Crippen molar-refractivity contribution in [1.82, 2.24) is 15.1 Å². The number of hydrogen-bond donors (Lipinski definition) is 1. The molecule has 1 N–H and O–H groups in total. The molecule has 0 aliphatic carbocycles. The number of alkyl halides is 3. The van der Waals surface area contributed by atoms with Crippen molar-refractivity contribution in [1.29, 1.82) is 0 Å². The second-order valence-corrected chi connectivity index (χ2v) is 7.62. The molecule has 1 aromatic heterocycles. The topological polar surface area (TPSA) is 119 Å². The van der Waals surface area contributed by atoms with E-state index in [-0.39, 0.29) is 37.0 Å². The number of hydrogen-bond acceptors (Lipinski definition) is 8. The number of halogens is 3. The summed E-state index contributed by atoms with van der Waals surface area (Å²) in [5.74, 6) is 0.358. The number of nitrogens with zero attached hydrogens (tertiary/aromatic N) is 4. The summed E-state index contributed by atoms with van der Waals surface area (Å²) < 4.78 is 54.6. The molecule has 10 nitrogen and oxygen atoms in total. The number of nitrogens with one attached hydrogen (secondary N) is 1. The molecule has 0 radical (unpaired) electrons. The summed E-state index contributed by atoms with van der Waals surface area (Å²) in [4.78, 5) is 29.0. The Balaban J connectivity index is 1.29. The molecule has 0 bridgehead atoms. The van der Waals surface area contributed by atoms with Crippen LogP contribution in [0.3, 0.4) is 0 Å². The van der Waals surface area contributed by atoms with Gasteiger partial charge in [-0.3, -0.25) is 9.59 Å². The molecule has 2 aliphatic rings. The molecule has 0 spiro atoms. The van der Waals surface area contributed by atoms with Crippen LogP contribution in [0, 0.1) is 0 Å². The van der Waals surface area contributed by atoms with Crippen molar-refractivity contribution in [3.8, 4) is 22.9 Å². The first-order chi connectivity index (χ1) is 16.8. The van der Waals surface area contributed by atoms with Gasteiger partial charge in [-0.05, 0) is 36.4 Å². The van der Waals surface area contributed by atoms with Crippen molar-refractivity contribution in [3.05, 3.63) is 53.9 Å². The monoisotopic (exact) mass is 487 g/mol. The van der Waals surface area contributed by atoms with Crippen LogP contribution in [0.15, 0.2) is 52.1 Å². The quantitative estimate of drug-likeness (QED) is 0.586. The number of benzene rings is 2. The van der Waals surface area contributed by atoms with E-state index in [0.29, 0.717) is 22.8 Å². The molecule has 2 aliphatic heterocycles. The lowest BCUT2D eigenvalue weighted by atomic mass is 10.1. The van der Waals surface area contributed by atoms with Gasteiger partial charge in [0.15, 0.2) is 11.5 Å². The molecule has 35 heavy (non-hydrogen) atoms. The fourth-order valence-electron chi connectivity index (χ4n) is 3.48. The Kier molecular flexibility index (Phi) is 5.59. The molecule has 5 rings (SSSR count). The van der Waals surface area contributed by atoms with Crippen LogP contribution in [-0.4, -0.2) is 46.0 Å². The van der Waals surface area contributed by atoms with E-state index >= 15 is 0 Å². The second-order valence-electron chi connectivity index (χ2n) is 7.62. The highest BCUT2D eigenvalue weighted by Crippen LogP contribution is 2.35. The number of carbonyl (C=O) groups excluding carboxylic acids is 2. The molecule has 2 amide bonds. The molecule has 0 fully saturated rings. The summed E-state index contributed by atoms with van der Waals surface area (Å²) in [6, 6.07) is 9.34. The molecular formula is C22H16F3N5O5. The Hall–Kier alpha value is -4.42. The van der Waals surface area contributed by atoms with Crippen molar-refractivity contribution >= 4 is 23.2 Å². The average Bonchev–Trinajstić information content (AvgIpc) is 3.49. The lowest BCUT2D eigenvalue weighted by molar-refractivity contribution is -0.137. The van der Waals surface area contributed by atoms with Gasteiger partial charge in [-0.15, -0.1) is 0 Å². The third-order valence-electron chi connectivity index (χ3n) is 5.18. The van der Waals surface area contributed by atoms with Crippen molar-refractivity contribution in [2.45, 2.75) is 19.0 Å². The second kappa shape index (κ2) is 8.74. The van der Waals surface area contributed by atoms with Gasteiger partial charge in [0, 0.05) is 24.1 Å². The van der Waals surface area contributed by atoms with Crippen LogP contribution < -0.4 is 14.8 Å². The SMILES string of the molecule is O=C(CN1N=C(c2nc(-c3ccc4c(c3)OCO4)no2)CCC1=O)Nc1cccc(C(F)(F)F)c1. The number of carbonyl (C=O) groups is 2. The zero-order valence-electron chi connectivity index (χ0n) is 17.8. The first-order valence-corrected chi connectivity index (χ1v) is 10.4. The number of amides is 2. The van der Waals surface area contributed by atoms with Gasteiger partial charge >= 0.3 is 6.18 Å². The van der Waals surface area contributed by atoms with E-state index in [0.717, 1.165) is 17.1 Å². The Labute approximate surface area is 195 Å². The highest BCUT2D eigenvalue weighted by molar-refractivity contribution is 6.02. The Morgan fingerprint density at radius 3 is 2.74 bits per heavy atom. The van der Waals surface area contributed by atoms with E-state index in [1.165, 1.54) is 12.1 Å². The summed E-state index contributed by atoms with van der Waals surface area (Å²) in [5.41, 5.74) is -0.0342. The van der Waals surface area contributed by atoms with E-state index in [4.69, 9.17) is 14.0 Å². The maximum absolute atomic E-state index is 12.9. The third kappa shape index (κ3) is 4.78.